The van der Waals surface area contributed by atoms with Crippen molar-refractivity contribution >= 4 is 5.91 Å². The second-order valence-corrected chi connectivity index (χ2v) is 6.98. The number of hydrogen-bond donors (Lipinski definition) is 1. The van der Waals surface area contributed by atoms with Gasteiger partial charge in [-0.1, -0.05) is 30.3 Å². The van der Waals surface area contributed by atoms with Crippen molar-refractivity contribution in [3.63, 3.8) is 0 Å². The van der Waals surface area contributed by atoms with E-state index < -0.39 is 5.54 Å². The Morgan fingerprint density at radius 2 is 1.73 bits per heavy atom. The van der Waals surface area contributed by atoms with E-state index in [1.165, 1.54) is 5.56 Å². The van der Waals surface area contributed by atoms with Gasteiger partial charge in [0.25, 0.3) is 0 Å². The first-order chi connectivity index (χ1) is 10.4. The summed E-state index contributed by atoms with van der Waals surface area (Å²) >= 11 is 0. The van der Waals surface area contributed by atoms with Gasteiger partial charge in [0.15, 0.2) is 0 Å². The summed E-state index contributed by atoms with van der Waals surface area (Å²) < 4.78 is 0. The third-order valence-corrected chi connectivity index (χ3v) is 4.09. The van der Waals surface area contributed by atoms with Gasteiger partial charge >= 0.3 is 0 Å². The molecule has 1 heterocycles. The van der Waals surface area contributed by atoms with Crippen LogP contribution in [0.15, 0.2) is 30.3 Å². The molecule has 1 amide bonds. The Morgan fingerprint density at radius 1 is 1.14 bits per heavy atom. The molecule has 0 radical (unpaired) electrons. The van der Waals surface area contributed by atoms with Crippen molar-refractivity contribution in [2.75, 3.05) is 26.2 Å². The number of rotatable bonds is 5. The van der Waals surface area contributed by atoms with Crippen LogP contribution in [-0.4, -0.2) is 53.5 Å². The number of hydrogen-bond acceptors (Lipinski definition) is 3. The molecule has 1 N–H and O–H groups in total. The molecule has 1 aliphatic rings. The van der Waals surface area contributed by atoms with Gasteiger partial charge in [-0.05, 0) is 33.3 Å². The SMILES string of the molecule is CC(C)NC(C)(C)C(=O)N1CCN(Cc2ccccc2)CC1. The van der Waals surface area contributed by atoms with Crippen molar-refractivity contribution in [1.82, 2.24) is 15.1 Å². The van der Waals surface area contributed by atoms with E-state index in [1.807, 2.05) is 24.8 Å². The zero-order valence-corrected chi connectivity index (χ0v) is 14.3. The molecule has 0 aromatic heterocycles. The average molecular weight is 303 g/mol. The fourth-order valence-corrected chi connectivity index (χ4v) is 3.13. The van der Waals surface area contributed by atoms with Crippen LogP contribution in [0.2, 0.25) is 0 Å². The van der Waals surface area contributed by atoms with E-state index in [2.05, 4.69) is 48.3 Å². The molecule has 4 heteroatoms. The number of carbonyl (C=O) groups excluding carboxylic acids is 1. The molecule has 122 valence electrons. The van der Waals surface area contributed by atoms with Gasteiger partial charge in [0.05, 0.1) is 5.54 Å². The maximum Gasteiger partial charge on any atom is 0.242 e. The van der Waals surface area contributed by atoms with Gasteiger partial charge in [0, 0.05) is 38.8 Å². The van der Waals surface area contributed by atoms with Crippen LogP contribution in [0.5, 0.6) is 0 Å². The predicted molar refractivity (Wildman–Crippen MR) is 90.6 cm³/mol. The van der Waals surface area contributed by atoms with Crippen molar-refractivity contribution in [3.8, 4) is 0 Å². The normalized spacial score (nSPS) is 17.0. The number of benzene rings is 1. The van der Waals surface area contributed by atoms with Crippen molar-refractivity contribution < 1.29 is 4.79 Å². The quantitative estimate of drug-likeness (QED) is 0.905. The summed E-state index contributed by atoms with van der Waals surface area (Å²) in [5.74, 6) is 0.209. The van der Waals surface area contributed by atoms with E-state index in [9.17, 15) is 4.79 Å². The molecule has 0 saturated carbocycles. The van der Waals surface area contributed by atoms with Crippen LogP contribution < -0.4 is 5.32 Å². The minimum Gasteiger partial charge on any atom is -0.339 e. The summed E-state index contributed by atoms with van der Waals surface area (Å²) in [6.07, 6.45) is 0. The van der Waals surface area contributed by atoms with Crippen molar-refractivity contribution in [2.24, 2.45) is 0 Å². The number of carbonyl (C=O) groups is 1. The summed E-state index contributed by atoms with van der Waals surface area (Å²) in [6.45, 7) is 12.6. The number of piperazine rings is 1. The summed E-state index contributed by atoms with van der Waals surface area (Å²) in [5.41, 5.74) is 0.847. The standard InChI is InChI=1S/C18H29N3O/c1-15(2)19-18(3,4)17(22)21-12-10-20(11-13-21)14-16-8-6-5-7-9-16/h5-9,15,19H,10-14H2,1-4H3. The lowest BCUT2D eigenvalue weighted by Gasteiger charge is -2.39. The Balaban J connectivity index is 1.85. The van der Waals surface area contributed by atoms with Crippen LogP contribution in [-0.2, 0) is 11.3 Å². The molecule has 1 saturated heterocycles. The molecule has 0 aliphatic carbocycles. The highest BCUT2D eigenvalue weighted by atomic mass is 16.2. The zero-order valence-electron chi connectivity index (χ0n) is 14.3. The zero-order chi connectivity index (χ0) is 16.2. The van der Waals surface area contributed by atoms with Gasteiger partial charge in [-0.25, -0.2) is 0 Å². The lowest BCUT2D eigenvalue weighted by atomic mass is 10.0. The Morgan fingerprint density at radius 3 is 2.27 bits per heavy atom. The van der Waals surface area contributed by atoms with Gasteiger partial charge in [-0.15, -0.1) is 0 Å². The third kappa shape index (κ3) is 4.55. The maximum atomic E-state index is 12.7. The largest absolute Gasteiger partial charge is 0.339 e. The fraction of sp³-hybridized carbons (Fsp3) is 0.611. The Kier molecular flexibility index (Phi) is 5.59. The molecule has 0 spiro atoms. The highest BCUT2D eigenvalue weighted by Crippen LogP contribution is 2.14. The third-order valence-electron chi connectivity index (χ3n) is 4.09. The number of nitrogens with zero attached hydrogens (tertiary/aromatic N) is 2. The summed E-state index contributed by atoms with van der Waals surface area (Å²) in [7, 11) is 0. The van der Waals surface area contributed by atoms with Gasteiger partial charge < -0.3 is 10.2 Å². The smallest absolute Gasteiger partial charge is 0.242 e. The molecular formula is C18H29N3O. The fourth-order valence-electron chi connectivity index (χ4n) is 3.13. The first-order valence-corrected chi connectivity index (χ1v) is 8.22. The molecule has 2 rings (SSSR count). The van der Waals surface area contributed by atoms with Crippen molar-refractivity contribution in [2.45, 2.75) is 45.8 Å². The lowest BCUT2D eigenvalue weighted by Crippen LogP contribution is -2.59. The van der Waals surface area contributed by atoms with E-state index in [4.69, 9.17) is 0 Å². The summed E-state index contributed by atoms with van der Waals surface area (Å²) in [5, 5.41) is 3.36. The van der Waals surface area contributed by atoms with Crippen LogP contribution in [0, 0.1) is 0 Å². The molecule has 4 nitrogen and oxygen atoms in total. The highest BCUT2D eigenvalue weighted by Gasteiger charge is 2.33. The van der Waals surface area contributed by atoms with Crippen LogP contribution >= 0.6 is 0 Å². The lowest BCUT2D eigenvalue weighted by molar-refractivity contribution is -0.139. The monoisotopic (exact) mass is 303 g/mol. The van der Waals surface area contributed by atoms with E-state index in [-0.39, 0.29) is 5.91 Å². The predicted octanol–water partition coefficient (Wildman–Crippen LogP) is 2.11. The van der Waals surface area contributed by atoms with Gasteiger partial charge in [0.1, 0.15) is 0 Å². The molecule has 0 bridgehead atoms. The van der Waals surface area contributed by atoms with E-state index in [1.54, 1.807) is 0 Å². The number of nitrogens with one attached hydrogen (secondary N) is 1. The summed E-state index contributed by atoms with van der Waals surface area (Å²) in [4.78, 5) is 17.1. The van der Waals surface area contributed by atoms with Crippen LogP contribution in [0.1, 0.15) is 33.3 Å². The van der Waals surface area contributed by atoms with E-state index in [0.29, 0.717) is 6.04 Å². The second-order valence-electron chi connectivity index (χ2n) is 6.98. The minimum atomic E-state index is -0.490. The Labute approximate surface area is 134 Å². The first-order valence-electron chi connectivity index (χ1n) is 8.22. The second kappa shape index (κ2) is 7.25. The van der Waals surface area contributed by atoms with E-state index in [0.717, 1.165) is 32.7 Å². The Hall–Kier alpha value is -1.39. The maximum absolute atomic E-state index is 12.7. The average Bonchev–Trinajstić information content (AvgIpc) is 2.47. The topological polar surface area (TPSA) is 35.6 Å². The van der Waals surface area contributed by atoms with Gasteiger partial charge in [0.2, 0.25) is 5.91 Å². The van der Waals surface area contributed by atoms with Crippen molar-refractivity contribution in [1.29, 1.82) is 0 Å². The Bertz CT molecular complexity index is 476. The molecule has 0 unspecified atom stereocenters. The molecule has 22 heavy (non-hydrogen) atoms. The molecule has 1 aromatic carbocycles. The van der Waals surface area contributed by atoms with Gasteiger partial charge in [-0.2, -0.15) is 0 Å². The van der Waals surface area contributed by atoms with Crippen LogP contribution in [0.3, 0.4) is 0 Å². The molecule has 1 fully saturated rings. The molecule has 1 aliphatic heterocycles. The first kappa shape index (κ1) is 17.0. The molecular weight excluding hydrogens is 274 g/mol. The van der Waals surface area contributed by atoms with Gasteiger partial charge in [-0.3, -0.25) is 9.69 Å². The minimum absolute atomic E-state index is 0.209. The molecule has 1 aromatic rings. The van der Waals surface area contributed by atoms with E-state index >= 15 is 0 Å². The van der Waals surface area contributed by atoms with Crippen LogP contribution in [0.25, 0.3) is 0 Å². The van der Waals surface area contributed by atoms with Crippen molar-refractivity contribution in [3.05, 3.63) is 35.9 Å². The van der Waals surface area contributed by atoms with Crippen LogP contribution in [0.4, 0.5) is 0 Å². The molecule has 0 atom stereocenters. The number of amides is 1. The summed E-state index contributed by atoms with van der Waals surface area (Å²) in [6, 6.07) is 10.8. The highest BCUT2D eigenvalue weighted by molar-refractivity contribution is 5.85.